The van der Waals surface area contributed by atoms with Gasteiger partial charge in [-0.2, -0.15) is 0 Å². The van der Waals surface area contributed by atoms with Gasteiger partial charge in [-0.3, -0.25) is 4.79 Å². The summed E-state index contributed by atoms with van der Waals surface area (Å²) in [6, 6.07) is 13.7. The Morgan fingerprint density at radius 1 is 1.10 bits per heavy atom. The number of rotatable bonds is 4. The fraction of sp³-hybridized carbons (Fsp3) is 0.278. The van der Waals surface area contributed by atoms with E-state index < -0.39 is 0 Å². The van der Waals surface area contributed by atoms with Crippen molar-refractivity contribution in [3.8, 4) is 0 Å². The maximum Gasteiger partial charge on any atom is 0.252 e. The van der Waals surface area contributed by atoms with E-state index in [1.54, 1.807) is 0 Å². The fourth-order valence-electron chi connectivity index (χ4n) is 2.66. The van der Waals surface area contributed by atoms with E-state index >= 15 is 0 Å². The summed E-state index contributed by atoms with van der Waals surface area (Å²) in [4.78, 5) is 12.6. The molecule has 2 nitrogen and oxygen atoms in total. The lowest BCUT2D eigenvalue weighted by molar-refractivity contribution is 0.0939. The molecule has 2 rings (SSSR count). The largest absolute Gasteiger partial charge is 0.344 e. The number of aryl methyl sites for hydroxylation is 3. The van der Waals surface area contributed by atoms with Crippen LogP contribution in [0, 0.1) is 20.8 Å². The van der Waals surface area contributed by atoms with E-state index in [4.69, 9.17) is 11.6 Å². The molecule has 1 N–H and O–H groups in total. The van der Waals surface area contributed by atoms with Crippen molar-refractivity contribution in [2.75, 3.05) is 5.88 Å². The third-order valence-electron chi connectivity index (χ3n) is 3.57. The van der Waals surface area contributed by atoms with Gasteiger partial charge in [-0.25, -0.2) is 0 Å². The van der Waals surface area contributed by atoms with E-state index in [9.17, 15) is 4.79 Å². The molecule has 3 heteroatoms. The predicted molar refractivity (Wildman–Crippen MR) is 88.0 cm³/mol. The van der Waals surface area contributed by atoms with E-state index in [0.29, 0.717) is 5.88 Å². The topological polar surface area (TPSA) is 29.1 Å². The standard InChI is InChI=1S/C18H20ClNO/c1-12-9-13(2)17(14(3)10-12)18(21)20-16(11-19)15-7-5-4-6-8-15/h4-10,16H,11H2,1-3H3,(H,20,21). The van der Waals surface area contributed by atoms with Gasteiger partial charge in [-0.05, 0) is 37.5 Å². The highest BCUT2D eigenvalue weighted by atomic mass is 35.5. The minimum Gasteiger partial charge on any atom is -0.344 e. The summed E-state index contributed by atoms with van der Waals surface area (Å²) >= 11 is 6.02. The van der Waals surface area contributed by atoms with Crippen molar-refractivity contribution in [1.82, 2.24) is 5.32 Å². The molecule has 0 aromatic heterocycles. The van der Waals surface area contributed by atoms with E-state index in [-0.39, 0.29) is 11.9 Å². The van der Waals surface area contributed by atoms with E-state index in [1.165, 1.54) is 5.56 Å². The van der Waals surface area contributed by atoms with E-state index in [1.807, 2.05) is 63.2 Å². The smallest absolute Gasteiger partial charge is 0.252 e. The number of carbonyl (C=O) groups is 1. The first-order chi connectivity index (χ1) is 10.0. The van der Waals surface area contributed by atoms with Crippen molar-refractivity contribution < 1.29 is 4.79 Å². The molecular formula is C18H20ClNO. The maximum absolute atomic E-state index is 12.6. The number of halogens is 1. The molecule has 0 saturated heterocycles. The Hall–Kier alpha value is -1.80. The van der Waals surface area contributed by atoms with Crippen LogP contribution in [0.4, 0.5) is 0 Å². The van der Waals surface area contributed by atoms with Gasteiger partial charge in [0.05, 0.1) is 6.04 Å². The zero-order chi connectivity index (χ0) is 15.4. The lowest BCUT2D eigenvalue weighted by atomic mass is 9.98. The second-order valence-electron chi connectivity index (χ2n) is 5.36. The molecule has 0 radical (unpaired) electrons. The number of hydrogen-bond acceptors (Lipinski definition) is 1. The second kappa shape index (κ2) is 6.77. The average molecular weight is 302 g/mol. The van der Waals surface area contributed by atoms with Crippen molar-refractivity contribution in [2.45, 2.75) is 26.8 Å². The number of benzene rings is 2. The van der Waals surface area contributed by atoms with E-state index in [2.05, 4.69) is 5.32 Å². The van der Waals surface area contributed by atoms with Crippen LogP contribution in [0.1, 0.15) is 38.7 Å². The average Bonchev–Trinajstić information content (AvgIpc) is 2.44. The number of hydrogen-bond donors (Lipinski definition) is 1. The van der Waals surface area contributed by atoms with Crippen LogP contribution in [-0.2, 0) is 0 Å². The lowest BCUT2D eigenvalue weighted by Crippen LogP contribution is -2.30. The molecule has 0 spiro atoms. The fourth-order valence-corrected chi connectivity index (χ4v) is 2.92. The first-order valence-corrected chi connectivity index (χ1v) is 7.56. The van der Waals surface area contributed by atoms with Crippen LogP contribution < -0.4 is 5.32 Å². The Morgan fingerprint density at radius 3 is 2.19 bits per heavy atom. The van der Waals surface area contributed by atoms with Gasteiger partial charge in [0.2, 0.25) is 0 Å². The number of nitrogens with one attached hydrogen (secondary N) is 1. The Bertz CT molecular complexity index is 614. The molecule has 2 aromatic carbocycles. The predicted octanol–water partition coefficient (Wildman–Crippen LogP) is 4.32. The van der Waals surface area contributed by atoms with Gasteiger partial charge in [0, 0.05) is 11.4 Å². The highest BCUT2D eigenvalue weighted by Gasteiger charge is 2.18. The zero-order valence-corrected chi connectivity index (χ0v) is 13.4. The second-order valence-corrected chi connectivity index (χ2v) is 5.67. The highest BCUT2D eigenvalue weighted by molar-refractivity contribution is 6.18. The van der Waals surface area contributed by atoms with Gasteiger partial charge in [0.15, 0.2) is 0 Å². The molecule has 0 aliphatic carbocycles. The summed E-state index contributed by atoms with van der Waals surface area (Å²) in [7, 11) is 0. The molecule has 0 fully saturated rings. The van der Waals surface area contributed by atoms with Crippen LogP contribution in [-0.4, -0.2) is 11.8 Å². The quantitative estimate of drug-likeness (QED) is 0.837. The molecular weight excluding hydrogens is 282 g/mol. The van der Waals surface area contributed by atoms with E-state index in [0.717, 1.165) is 22.3 Å². The normalized spacial score (nSPS) is 12.0. The molecule has 0 aliphatic heterocycles. The van der Waals surface area contributed by atoms with Gasteiger partial charge < -0.3 is 5.32 Å². The van der Waals surface area contributed by atoms with Crippen molar-refractivity contribution in [3.63, 3.8) is 0 Å². The number of amides is 1. The van der Waals surface area contributed by atoms with Crippen molar-refractivity contribution in [1.29, 1.82) is 0 Å². The lowest BCUT2D eigenvalue weighted by Gasteiger charge is -2.18. The van der Waals surface area contributed by atoms with Crippen LogP contribution in [0.2, 0.25) is 0 Å². The van der Waals surface area contributed by atoms with Crippen LogP contribution in [0.15, 0.2) is 42.5 Å². The van der Waals surface area contributed by atoms with Gasteiger partial charge in [-0.1, -0.05) is 48.0 Å². The first kappa shape index (κ1) is 15.6. The van der Waals surface area contributed by atoms with Gasteiger partial charge in [0.1, 0.15) is 0 Å². The third-order valence-corrected chi connectivity index (χ3v) is 3.87. The van der Waals surface area contributed by atoms with Crippen LogP contribution in [0.25, 0.3) is 0 Å². The maximum atomic E-state index is 12.6. The summed E-state index contributed by atoms with van der Waals surface area (Å²) in [5.41, 5.74) is 4.91. The van der Waals surface area contributed by atoms with Gasteiger partial charge in [0.25, 0.3) is 5.91 Å². The summed E-state index contributed by atoms with van der Waals surface area (Å²) in [6.07, 6.45) is 0. The highest BCUT2D eigenvalue weighted by Crippen LogP contribution is 2.19. The monoisotopic (exact) mass is 301 g/mol. The van der Waals surface area contributed by atoms with Gasteiger partial charge >= 0.3 is 0 Å². The Balaban J connectivity index is 2.25. The molecule has 0 aliphatic rings. The summed E-state index contributed by atoms with van der Waals surface area (Å²) in [6.45, 7) is 5.97. The molecule has 0 bridgehead atoms. The number of carbonyl (C=O) groups excluding carboxylic acids is 1. The van der Waals surface area contributed by atoms with Gasteiger partial charge in [-0.15, -0.1) is 11.6 Å². The minimum absolute atomic E-state index is 0.0699. The SMILES string of the molecule is Cc1cc(C)c(C(=O)NC(CCl)c2ccccc2)c(C)c1. The van der Waals surface area contributed by atoms with Crippen molar-refractivity contribution >= 4 is 17.5 Å². The zero-order valence-electron chi connectivity index (χ0n) is 12.6. The first-order valence-electron chi connectivity index (χ1n) is 7.02. The molecule has 0 saturated carbocycles. The summed E-state index contributed by atoms with van der Waals surface area (Å²) in [5, 5.41) is 3.03. The van der Waals surface area contributed by atoms with Crippen molar-refractivity contribution in [3.05, 3.63) is 70.3 Å². The van der Waals surface area contributed by atoms with Crippen LogP contribution in [0.5, 0.6) is 0 Å². The molecule has 110 valence electrons. The minimum atomic E-state index is -0.180. The Morgan fingerprint density at radius 2 is 1.67 bits per heavy atom. The molecule has 1 amide bonds. The third kappa shape index (κ3) is 3.64. The molecule has 2 aromatic rings. The molecule has 0 heterocycles. The van der Waals surface area contributed by atoms with Crippen LogP contribution in [0.3, 0.4) is 0 Å². The molecule has 21 heavy (non-hydrogen) atoms. The van der Waals surface area contributed by atoms with Crippen LogP contribution >= 0.6 is 11.6 Å². The molecule has 1 atom stereocenters. The van der Waals surface area contributed by atoms with Crippen molar-refractivity contribution in [2.24, 2.45) is 0 Å². The summed E-state index contributed by atoms with van der Waals surface area (Å²) in [5.74, 6) is 0.277. The number of alkyl halides is 1. The Labute approximate surface area is 131 Å². The molecule has 1 unspecified atom stereocenters. The Kier molecular flexibility index (Phi) is 5.03. The summed E-state index contributed by atoms with van der Waals surface area (Å²) < 4.78 is 0.